The molecule has 0 aliphatic carbocycles. The van der Waals surface area contributed by atoms with E-state index < -0.39 is 4.92 Å². The van der Waals surface area contributed by atoms with Gasteiger partial charge in [0.05, 0.1) is 29.9 Å². The molecule has 146 valence electrons. The minimum atomic E-state index is -0.447. The van der Waals surface area contributed by atoms with Gasteiger partial charge >= 0.3 is 5.69 Å². The molecule has 0 radical (unpaired) electrons. The zero-order valence-corrected chi connectivity index (χ0v) is 16.0. The maximum Gasteiger partial charge on any atom is 0.312 e. The standard InChI is InChI=1S/C19H22N6O3/c1-13-6-4-5-7-16(13)11-23-12-17(10-20-23)21-18(26)8-9-24-15(3)19(25(27)28)14(2)22-24/h4-7,10,12H,8-9,11H2,1-3H3,(H,21,26). The number of hydrogen-bond acceptors (Lipinski definition) is 5. The number of benzene rings is 1. The van der Waals surface area contributed by atoms with Crippen molar-refractivity contribution in [2.75, 3.05) is 5.32 Å². The number of anilines is 1. The van der Waals surface area contributed by atoms with Crippen molar-refractivity contribution in [3.63, 3.8) is 0 Å². The van der Waals surface area contributed by atoms with Gasteiger partial charge in [-0.05, 0) is 31.9 Å². The van der Waals surface area contributed by atoms with Crippen LogP contribution in [0.25, 0.3) is 0 Å². The predicted molar refractivity (Wildman–Crippen MR) is 104 cm³/mol. The summed E-state index contributed by atoms with van der Waals surface area (Å²) in [5, 5.41) is 22.3. The smallest absolute Gasteiger partial charge is 0.312 e. The lowest BCUT2D eigenvalue weighted by Crippen LogP contribution is -2.15. The molecule has 9 heteroatoms. The molecule has 2 heterocycles. The second-order valence-corrected chi connectivity index (χ2v) is 6.65. The Labute approximate surface area is 162 Å². The topological polar surface area (TPSA) is 108 Å². The molecule has 2 aromatic heterocycles. The SMILES string of the molecule is Cc1ccccc1Cn1cc(NC(=O)CCn2nc(C)c([N+](=O)[O-])c2C)cn1. The summed E-state index contributed by atoms with van der Waals surface area (Å²) in [5.74, 6) is -0.203. The van der Waals surface area contributed by atoms with Gasteiger partial charge in [0, 0.05) is 12.6 Å². The van der Waals surface area contributed by atoms with E-state index >= 15 is 0 Å². The molecule has 1 N–H and O–H groups in total. The van der Waals surface area contributed by atoms with Crippen LogP contribution in [0, 0.1) is 30.9 Å². The van der Waals surface area contributed by atoms with E-state index in [1.54, 1.807) is 30.9 Å². The highest BCUT2D eigenvalue weighted by molar-refractivity contribution is 5.90. The minimum Gasteiger partial charge on any atom is -0.323 e. The summed E-state index contributed by atoms with van der Waals surface area (Å²) in [5.41, 5.74) is 3.75. The highest BCUT2D eigenvalue weighted by Crippen LogP contribution is 2.22. The van der Waals surface area contributed by atoms with Gasteiger partial charge in [0.25, 0.3) is 0 Å². The van der Waals surface area contributed by atoms with Gasteiger partial charge in [0.1, 0.15) is 11.4 Å². The van der Waals surface area contributed by atoms with Crippen LogP contribution in [0.15, 0.2) is 36.7 Å². The van der Waals surface area contributed by atoms with Crippen LogP contribution < -0.4 is 5.32 Å². The van der Waals surface area contributed by atoms with Gasteiger partial charge < -0.3 is 5.32 Å². The number of aryl methyl sites for hydroxylation is 3. The molecule has 0 saturated heterocycles. The number of rotatable bonds is 7. The van der Waals surface area contributed by atoms with Gasteiger partial charge in [-0.15, -0.1) is 0 Å². The van der Waals surface area contributed by atoms with Crippen LogP contribution in [0.5, 0.6) is 0 Å². The third-order valence-electron chi connectivity index (χ3n) is 4.59. The van der Waals surface area contributed by atoms with Gasteiger partial charge in [0.2, 0.25) is 5.91 Å². The first-order valence-electron chi connectivity index (χ1n) is 8.90. The van der Waals surface area contributed by atoms with E-state index in [1.165, 1.54) is 10.2 Å². The first-order chi connectivity index (χ1) is 13.3. The zero-order valence-electron chi connectivity index (χ0n) is 16.0. The van der Waals surface area contributed by atoms with Crippen molar-refractivity contribution in [1.82, 2.24) is 19.6 Å². The molecule has 0 spiro atoms. The molecule has 0 atom stereocenters. The molecular weight excluding hydrogens is 360 g/mol. The molecule has 0 unspecified atom stereocenters. The molecule has 1 amide bonds. The van der Waals surface area contributed by atoms with Crippen molar-refractivity contribution in [2.45, 2.75) is 40.3 Å². The molecule has 1 aromatic carbocycles. The summed E-state index contributed by atoms with van der Waals surface area (Å²) in [6.45, 7) is 6.16. The van der Waals surface area contributed by atoms with Gasteiger partial charge in [-0.1, -0.05) is 24.3 Å². The number of nitrogens with one attached hydrogen (secondary N) is 1. The quantitative estimate of drug-likeness (QED) is 0.499. The van der Waals surface area contributed by atoms with Crippen LogP contribution in [0.4, 0.5) is 11.4 Å². The summed E-state index contributed by atoms with van der Waals surface area (Å²) >= 11 is 0. The van der Waals surface area contributed by atoms with Crippen LogP contribution in [0.1, 0.15) is 28.9 Å². The zero-order chi connectivity index (χ0) is 20.3. The average Bonchev–Trinajstić information content (AvgIpc) is 3.18. The highest BCUT2D eigenvalue weighted by Gasteiger charge is 2.21. The van der Waals surface area contributed by atoms with E-state index in [2.05, 4.69) is 15.5 Å². The fraction of sp³-hybridized carbons (Fsp3) is 0.316. The molecule has 28 heavy (non-hydrogen) atoms. The fourth-order valence-corrected chi connectivity index (χ4v) is 3.08. The molecule has 3 aromatic rings. The average molecular weight is 382 g/mol. The Hall–Kier alpha value is -3.49. The molecule has 9 nitrogen and oxygen atoms in total. The second-order valence-electron chi connectivity index (χ2n) is 6.65. The van der Waals surface area contributed by atoms with E-state index in [0.29, 0.717) is 23.6 Å². The summed E-state index contributed by atoms with van der Waals surface area (Å²) in [6.07, 6.45) is 3.53. The van der Waals surface area contributed by atoms with E-state index in [1.807, 2.05) is 31.2 Å². The van der Waals surface area contributed by atoms with Gasteiger partial charge in [0.15, 0.2) is 0 Å². The Kier molecular flexibility index (Phi) is 5.53. The lowest BCUT2D eigenvalue weighted by Gasteiger charge is -2.06. The summed E-state index contributed by atoms with van der Waals surface area (Å²) < 4.78 is 3.26. The van der Waals surface area contributed by atoms with Crippen molar-refractivity contribution in [3.8, 4) is 0 Å². The molecule has 0 aliphatic heterocycles. The largest absolute Gasteiger partial charge is 0.323 e. The van der Waals surface area contributed by atoms with Gasteiger partial charge in [-0.3, -0.25) is 24.3 Å². The predicted octanol–water partition coefficient (Wildman–Crippen LogP) is 2.99. The summed E-state index contributed by atoms with van der Waals surface area (Å²) in [7, 11) is 0. The van der Waals surface area contributed by atoms with E-state index in [-0.39, 0.29) is 24.6 Å². The molecule has 3 rings (SSSR count). The first-order valence-corrected chi connectivity index (χ1v) is 8.90. The Morgan fingerprint density at radius 1 is 1.25 bits per heavy atom. The van der Waals surface area contributed by atoms with Gasteiger partial charge in [-0.25, -0.2) is 0 Å². The number of nitrogens with zero attached hydrogens (tertiary/aromatic N) is 5. The monoisotopic (exact) mass is 382 g/mol. The lowest BCUT2D eigenvalue weighted by molar-refractivity contribution is -0.386. The summed E-state index contributed by atoms with van der Waals surface area (Å²) in [6, 6.07) is 8.07. The number of amides is 1. The third-order valence-corrected chi connectivity index (χ3v) is 4.59. The van der Waals surface area contributed by atoms with Crippen molar-refractivity contribution < 1.29 is 9.72 Å². The normalized spacial score (nSPS) is 10.8. The van der Waals surface area contributed by atoms with E-state index in [0.717, 1.165) is 5.56 Å². The Balaban J connectivity index is 1.57. The second kappa shape index (κ2) is 8.03. The van der Waals surface area contributed by atoms with Crippen LogP contribution in [0.2, 0.25) is 0 Å². The maximum atomic E-state index is 12.2. The lowest BCUT2D eigenvalue weighted by atomic mass is 10.1. The molecular formula is C19H22N6O3. The van der Waals surface area contributed by atoms with Crippen LogP contribution >= 0.6 is 0 Å². The first kappa shape index (κ1) is 19.3. The van der Waals surface area contributed by atoms with Crippen molar-refractivity contribution in [1.29, 1.82) is 0 Å². The molecule has 0 aliphatic rings. The number of aromatic nitrogens is 4. The molecule has 0 fully saturated rings. The van der Waals surface area contributed by atoms with Crippen molar-refractivity contribution in [2.24, 2.45) is 0 Å². The van der Waals surface area contributed by atoms with E-state index in [4.69, 9.17) is 0 Å². The number of hydrogen-bond donors (Lipinski definition) is 1. The Morgan fingerprint density at radius 2 is 2.00 bits per heavy atom. The van der Waals surface area contributed by atoms with Crippen molar-refractivity contribution in [3.05, 3.63) is 69.3 Å². The van der Waals surface area contributed by atoms with Crippen LogP contribution in [-0.2, 0) is 17.9 Å². The Morgan fingerprint density at radius 3 is 2.68 bits per heavy atom. The van der Waals surface area contributed by atoms with Crippen molar-refractivity contribution >= 4 is 17.3 Å². The number of carbonyl (C=O) groups is 1. The summed E-state index contributed by atoms with van der Waals surface area (Å²) in [4.78, 5) is 22.8. The number of nitro groups is 1. The highest BCUT2D eigenvalue weighted by atomic mass is 16.6. The van der Waals surface area contributed by atoms with Gasteiger partial charge in [-0.2, -0.15) is 10.2 Å². The van der Waals surface area contributed by atoms with Crippen LogP contribution in [-0.4, -0.2) is 30.4 Å². The number of carbonyl (C=O) groups excluding carboxylic acids is 1. The minimum absolute atomic E-state index is 0.00195. The molecule has 0 saturated carbocycles. The molecule has 0 bridgehead atoms. The fourth-order valence-electron chi connectivity index (χ4n) is 3.08. The Bertz CT molecular complexity index is 1020. The van der Waals surface area contributed by atoms with Crippen LogP contribution in [0.3, 0.4) is 0 Å². The van der Waals surface area contributed by atoms with E-state index in [9.17, 15) is 14.9 Å². The third kappa shape index (κ3) is 4.25. The maximum absolute atomic E-state index is 12.2.